The fraction of sp³-hybridized carbons (Fsp3) is 0.462. The first-order valence-corrected chi connectivity index (χ1v) is 14.8. The zero-order valence-electron chi connectivity index (χ0n) is 21.6. The van der Waals surface area contributed by atoms with Crippen LogP contribution in [-0.2, 0) is 26.2 Å². The predicted octanol–water partition coefficient (Wildman–Crippen LogP) is 3.91. The van der Waals surface area contributed by atoms with Crippen LogP contribution in [0.5, 0.6) is 11.5 Å². The van der Waals surface area contributed by atoms with E-state index in [-0.39, 0.29) is 50.5 Å². The predicted molar refractivity (Wildman–Crippen MR) is 146 cm³/mol. The molecular formula is C26H34BrN3O6S. The molecule has 1 unspecified atom stereocenters. The van der Waals surface area contributed by atoms with Crippen LogP contribution in [0.4, 0.5) is 5.69 Å². The van der Waals surface area contributed by atoms with Gasteiger partial charge in [0, 0.05) is 36.6 Å². The van der Waals surface area contributed by atoms with Crippen molar-refractivity contribution in [3.8, 4) is 11.5 Å². The maximum Gasteiger partial charge on any atom is 0.242 e. The molecular weight excluding hydrogens is 562 g/mol. The number of carbonyl (C=O) groups excluding carboxylic acids is 2. The molecule has 202 valence electrons. The standard InChI is InChI=1S/C26H34BrN3O6S/c1-18(2)15-28-26(32)19(3)29(16-20-7-9-21(27)10-8-20)25(31)6-5-13-30(37(4,33)34)22-11-12-23-24(14-22)36-17-35-23/h7-12,14,18-19H,5-6,13,15-17H2,1-4H3,(H,28,32). The fourth-order valence-corrected chi connectivity index (χ4v) is 5.09. The molecule has 1 aliphatic rings. The van der Waals surface area contributed by atoms with Gasteiger partial charge in [-0.2, -0.15) is 0 Å². The minimum Gasteiger partial charge on any atom is -0.454 e. The molecule has 0 spiro atoms. The van der Waals surface area contributed by atoms with Gasteiger partial charge in [-0.1, -0.05) is 41.9 Å². The van der Waals surface area contributed by atoms with Crippen molar-refractivity contribution >= 4 is 43.5 Å². The Balaban J connectivity index is 1.71. The van der Waals surface area contributed by atoms with Crippen molar-refractivity contribution in [2.75, 3.05) is 30.4 Å². The molecule has 3 rings (SSSR count). The van der Waals surface area contributed by atoms with Crippen LogP contribution in [0.2, 0.25) is 0 Å². The molecule has 1 N–H and O–H groups in total. The molecule has 2 aromatic rings. The minimum atomic E-state index is -3.61. The van der Waals surface area contributed by atoms with Crippen molar-refractivity contribution in [3.05, 3.63) is 52.5 Å². The van der Waals surface area contributed by atoms with E-state index < -0.39 is 16.1 Å². The Morgan fingerprint density at radius 1 is 1.05 bits per heavy atom. The maximum absolute atomic E-state index is 13.4. The summed E-state index contributed by atoms with van der Waals surface area (Å²) in [5.41, 5.74) is 1.32. The Morgan fingerprint density at radius 2 is 1.73 bits per heavy atom. The number of benzene rings is 2. The second-order valence-electron chi connectivity index (χ2n) is 9.44. The van der Waals surface area contributed by atoms with E-state index in [9.17, 15) is 18.0 Å². The van der Waals surface area contributed by atoms with Crippen molar-refractivity contribution in [1.82, 2.24) is 10.2 Å². The van der Waals surface area contributed by atoms with Crippen LogP contribution in [0.15, 0.2) is 46.9 Å². The average molecular weight is 597 g/mol. The molecule has 1 aliphatic heterocycles. The summed E-state index contributed by atoms with van der Waals surface area (Å²) in [4.78, 5) is 27.7. The molecule has 0 fully saturated rings. The van der Waals surface area contributed by atoms with Crippen LogP contribution in [0, 0.1) is 5.92 Å². The van der Waals surface area contributed by atoms with Crippen molar-refractivity contribution in [2.45, 2.75) is 46.2 Å². The van der Waals surface area contributed by atoms with Crippen molar-refractivity contribution in [3.63, 3.8) is 0 Å². The summed E-state index contributed by atoms with van der Waals surface area (Å²) in [6.07, 6.45) is 1.48. The number of amides is 2. The van der Waals surface area contributed by atoms with E-state index in [1.807, 2.05) is 38.1 Å². The Morgan fingerprint density at radius 3 is 2.38 bits per heavy atom. The molecule has 11 heteroatoms. The third-order valence-corrected chi connectivity index (χ3v) is 7.64. The van der Waals surface area contributed by atoms with Crippen LogP contribution < -0.4 is 19.1 Å². The summed E-state index contributed by atoms with van der Waals surface area (Å²) in [5.74, 6) is 0.862. The fourth-order valence-electron chi connectivity index (χ4n) is 3.87. The minimum absolute atomic E-state index is 0.0783. The van der Waals surface area contributed by atoms with E-state index in [1.165, 1.54) is 4.31 Å². The first-order chi connectivity index (χ1) is 17.5. The summed E-state index contributed by atoms with van der Waals surface area (Å²) in [6.45, 7) is 6.69. The summed E-state index contributed by atoms with van der Waals surface area (Å²) < 4.78 is 37.9. The van der Waals surface area contributed by atoms with Gasteiger partial charge in [0.2, 0.25) is 28.6 Å². The monoisotopic (exact) mass is 595 g/mol. The molecule has 0 aromatic heterocycles. The maximum atomic E-state index is 13.4. The van der Waals surface area contributed by atoms with Crippen LogP contribution in [0.25, 0.3) is 0 Å². The lowest BCUT2D eigenvalue weighted by molar-refractivity contribution is -0.140. The van der Waals surface area contributed by atoms with E-state index in [4.69, 9.17) is 9.47 Å². The van der Waals surface area contributed by atoms with Gasteiger partial charge in [0.1, 0.15) is 6.04 Å². The Labute approximate surface area is 227 Å². The number of anilines is 1. The number of hydrogen-bond donors (Lipinski definition) is 1. The second kappa shape index (κ2) is 12.6. The van der Waals surface area contributed by atoms with Crippen LogP contribution in [-0.4, -0.2) is 57.3 Å². The SMILES string of the molecule is CC(C)CNC(=O)C(C)N(Cc1ccc(Br)cc1)C(=O)CCCN(c1ccc2c(c1)OCO2)S(C)(=O)=O. The number of rotatable bonds is 12. The molecule has 1 atom stereocenters. The van der Waals surface area contributed by atoms with Crippen LogP contribution >= 0.6 is 15.9 Å². The smallest absolute Gasteiger partial charge is 0.242 e. The summed E-state index contributed by atoms with van der Waals surface area (Å²) in [6, 6.07) is 11.8. The van der Waals surface area contributed by atoms with Gasteiger partial charge in [0.25, 0.3) is 0 Å². The number of sulfonamides is 1. The van der Waals surface area contributed by atoms with E-state index in [1.54, 1.807) is 30.0 Å². The van der Waals surface area contributed by atoms with Gasteiger partial charge in [0.15, 0.2) is 11.5 Å². The molecule has 0 radical (unpaired) electrons. The van der Waals surface area contributed by atoms with Crippen LogP contribution in [0.1, 0.15) is 39.2 Å². The lowest BCUT2D eigenvalue weighted by Crippen LogP contribution is -2.48. The number of nitrogens with one attached hydrogen (secondary N) is 1. The van der Waals surface area contributed by atoms with Gasteiger partial charge in [-0.05, 0) is 49.1 Å². The molecule has 9 nitrogen and oxygen atoms in total. The molecule has 0 saturated carbocycles. The van der Waals surface area contributed by atoms with Gasteiger partial charge >= 0.3 is 0 Å². The Hall–Kier alpha value is -2.79. The molecule has 0 bridgehead atoms. The third kappa shape index (κ3) is 8.10. The van der Waals surface area contributed by atoms with Gasteiger partial charge in [-0.15, -0.1) is 0 Å². The zero-order chi connectivity index (χ0) is 27.2. The summed E-state index contributed by atoms with van der Waals surface area (Å²) in [5, 5.41) is 2.90. The number of halogens is 1. The number of carbonyl (C=O) groups is 2. The molecule has 1 heterocycles. The molecule has 37 heavy (non-hydrogen) atoms. The van der Waals surface area contributed by atoms with Crippen molar-refractivity contribution < 1.29 is 27.5 Å². The second-order valence-corrected chi connectivity index (χ2v) is 12.3. The third-order valence-electron chi connectivity index (χ3n) is 5.91. The van der Waals surface area contributed by atoms with Crippen molar-refractivity contribution in [2.24, 2.45) is 5.92 Å². The van der Waals surface area contributed by atoms with Crippen molar-refractivity contribution in [1.29, 1.82) is 0 Å². The first-order valence-electron chi connectivity index (χ1n) is 12.1. The normalized spacial score (nSPS) is 13.4. The van der Waals surface area contributed by atoms with Gasteiger partial charge in [-0.3, -0.25) is 13.9 Å². The quantitative estimate of drug-likeness (QED) is 0.399. The van der Waals surface area contributed by atoms with E-state index in [2.05, 4.69) is 21.2 Å². The van der Waals surface area contributed by atoms with E-state index in [0.717, 1.165) is 16.3 Å². The highest BCUT2D eigenvalue weighted by Gasteiger charge is 2.27. The van der Waals surface area contributed by atoms with Gasteiger partial charge < -0.3 is 19.7 Å². The Kier molecular flexibility index (Phi) is 9.83. The number of ether oxygens (including phenoxy) is 2. The molecule has 2 aromatic carbocycles. The molecule has 2 amide bonds. The number of fused-ring (bicyclic) bond motifs is 1. The van der Waals surface area contributed by atoms with E-state index >= 15 is 0 Å². The molecule has 0 saturated heterocycles. The first kappa shape index (κ1) is 28.8. The number of nitrogens with zero attached hydrogens (tertiary/aromatic N) is 2. The lowest BCUT2D eigenvalue weighted by Gasteiger charge is -2.29. The zero-order valence-corrected chi connectivity index (χ0v) is 24.0. The van der Waals surface area contributed by atoms with E-state index in [0.29, 0.717) is 23.7 Å². The highest BCUT2D eigenvalue weighted by molar-refractivity contribution is 9.10. The topological polar surface area (TPSA) is 105 Å². The molecule has 0 aliphatic carbocycles. The highest BCUT2D eigenvalue weighted by atomic mass is 79.9. The highest BCUT2D eigenvalue weighted by Crippen LogP contribution is 2.36. The largest absolute Gasteiger partial charge is 0.454 e. The Bertz CT molecular complexity index is 1200. The number of hydrogen-bond acceptors (Lipinski definition) is 6. The average Bonchev–Trinajstić information content (AvgIpc) is 3.31. The van der Waals surface area contributed by atoms with Gasteiger partial charge in [0.05, 0.1) is 11.9 Å². The summed E-state index contributed by atoms with van der Waals surface area (Å²) in [7, 11) is -3.61. The van der Waals surface area contributed by atoms with Gasteiger partial charge in [-0.25, -0.2) is 8.42 Å². The van der Waals surface area contributed by atoms with Crippen LogP contribution in [0.3, 0.4) is 0 Å². The summed E-state index contributed by atoms with van der Waals surface area (Å²) >= 11 is 3.41. The lowest BCUT2D eigenvalue weighted by atomic mass is 10.1.